The molecule has 28 heavy (non-hydrogen) atoms. The molecule has 0 bridgehead atoms. The fourth-order valence-corrected chi connectivity index (χ4v) is 1.96. The molecule has 11 nitrogen and oxygen atoms in total. The van der Waals surface area contributed by atoms with Crippen molar-refractivity contribution in [3.05, 3.63) is 29.6 Å². The third-order valence-electron chi connectivity index (χ3n) is 2.99. The van der Waals surface area contributed by atoms with Gasteiger partial charge in [0.15, 0.2) is 0 Å². The molecular formula is C15H16FN3O8Tc. The van der Waals surface area contributed by atoms with Crippen molar-refractivity contribution in [3.8, 4) is 0 Å². The van der Waals surface area contributed by atoms with Crippen LogP contribution in [0.1, 0.15) is 10.4 Å². The van der Waals surface area contributed by atoms with Crippen molar-refractivity contribution in [2.45, 2.75) is 0 Å². The summed E-state index contributed by atoms with van der Waals surface area (Å²) in [6, 6.07) is 2.98. The Morgan fingerprint density at radius 2 is 1.50 bits per heavy atom. The molecule has 0 aliphatic carbocycles. The van der Waals surface area contributed by atoms with Crippen molar-refractivity contribution in [2.75, 3.05) is 31.5 Å². The number of nitrogens with zero attached hydrogens (tertiary/aromatic N) is 1. The molecule has 2 amide bonds. The first-order valence-electron chi connectivity index (χ1n) is 7.33. The van der Waals surface area contributed by atoms with E-state index >= 15 is 0 Å². The van der Waals surface area contributed by atoms with Crippen LogP contribution in [0.4, 0.5) is 10.1 Å². The van der Waals surface area contributed by atoms with Gasteiger partial charge in [-0.3, -0.25) is 28.9 Å². The molecule has 0 aliphatic rings. The SMILES string of the molecule is O=C(O)CNC(=O)c1ccc(NC(=O)CN(CC(=O)O)CC(=O)O)c(F)c1.[99Tc]. The van der Waals surface area contributed by atoms with Gasteiger partial charge in [0.25, 0.3) is 5.91 Å². The van der Waals surface area contributed by atoms with E-state index < -0.39 is 61.7 Å². The molecular weight excluding hydrogens is 468 g/mol. The summed E-state index contributed by atoms with van der Waals surface area (Å²) in [5.41, 5.74) is -0.495. The number of anilines is 1. The van der Waals surface area contributed by atoms with Crippen molar-refractivity contribution in [1.82, 2.24) is 10.2 Å². The van der Waals surface area contributed by atoms with Crippen molar-refractivity contribution in [2.24, 2.45) is 0 Å². The van der Waals surface area contributed by atoms with Crippen LogP contribution in [0.25, 0.3) is 0 Å². The number of aliphatic carboxylic acids is 3. The van der Waals surface area contributed by atoms with Crippen LogP contribution in [0.15, 0.2) is 18.2 Å². The van der Waals surface area contributed by atoms with Crippen LogP contribution in [0, 0.1) is 5.82 Å². The summed E-state index contributed by atoms with van der Waals surface area (Å²) in [5.74, 6) is -6.64. The summed E-state index contributed by atoms with van der Waals surface area (Å²) < 4.78 is 14.0. The summed E-state index contributed by atoms with van der Waals surface area (Å²) in [4.78, 5) is 56.1. The van der Waals surface area contributed by atoms with E-state index in [9.17, 15) is 28.4 Å². The second-order valence-corrected chi connectivity index (χ2v) is 5.25. The van der Waals surface area contributed by atoms with Crippen LogP contribution >= 0.6 is 0 Å². The molecule has 0 heterocycles. The van der Waals surface area contributed by atoms with Crippen LogP contribution < -0.4 is 10.6 Å². The van der Waals surface area contributed by atoms with Gasteiger partial charge in [-0.1, -0.05) is 0 Å². The minimum atomic E-state index is -1.34. The number of hydrogen-bond donors (Lipinski definition) is 5. The largest absolute Gasteiger partial charge is 0.480 e. The van der Waals surface area contributed by atoms with Crippen LogP contribution in [-0.4, -0.2) is 76.1 Å². The number of benzene rings is 1. The topological polar surface area (TPSA) is 173 Å². The van der Waals surface area contributed by atoms with Crippen molar-refractivity contribution < 1.29 is 63.8 Å². The van der Waals surface area contributed by atoms with E-state index in [-0.39, 0.29) is 31.4 Å². The third kappa shape index (κ3) is 9.16. The zero-order valence-corrected chi connectivity index (χ0v) is 16.0. The van der Waals surface area contributed by atoms with Crippen molar-refractivity contribution >= 4 is 35.4 Å². The summed E-state index contributed by atoms with van der Waals surface area (Å²) in [6.07, 6.45) is 0. The molecule has 0 aliphatic heterocycles. The van der Waals surface area contributed by atoms with Gasteiger partial charge in [-0.25, -0.2) is 4.39 Å². The Labute approximate surface area is 170 Å². The van der Waals surface area contributed by atoms with E-state index in [1.165, 1.54) is 0 Å². The average molecular weight is 484 g/mol. The van der Waals surface area contributed by atoms with Crippen molar-refractivity contribution in [1.29, 1.82) is 0 Å². The Balaban J connectivity index is 0.00000729. The number of carboxylic acid groups (broad SMARTS) is 3. The summed E-state index contributed by atoms with van der Waals surface area (Å²) >= 11 is 0. The molecule has 0 spiro atoms. The zero-order valence-electron chi connectivity index (χ0n) is 14.1. The minimum absolute atomic E-state index is 0. The second kappa shape index (κ2) is 11.7. The fraction of sp³-hybridized carbons (Fsp3) is 0.267. The standard InChI is InChI=1S/C15H16FN3O8.Tc/c16-9-3-8(15(27)17-4-12(21)22)1-2-10(9)18-11(20)5-19(6-13(23)24)7-14(25)26;/h1-3H,4-7H2,(H,17,27)(H,18,20)(H,21,22)(H,23,24)(H,25,26);/i;1+1. The van der Waals surface area contributed by atoms with Gasteiger partial charge in [-0.05, 0) is 18.2 Å². The van der Waals surface area contributed by atoms with Gasteiger partial charge < -0.3 is 26.0 Å². The van der Waals surface area contributed by atoms with Gasteiger partial charge in [0.2, 0.25) is 5.91 Å². The van der Waals surface area contributed by atoms with Crippen LogP contribution in [0.5, 0.6) is 0 Å². The smallest absolute Gasteiger partial charge is 0.322 e. The summed E-state index contributed by atoms with van der Waals surface area (Å²) in [6.45, 7) is -2.67. The maximum atomic E-state index is 14.0. The minimum Gasteiger partial charge on any atom is -0.480 e. The van der Waals surface area contributed by atoms with E-state index in [0.717, 1.165) is 23.1 Å². The Morgan fingerprint density at radius 1 is 0.929 bits per heavy atom. The molecule has 13 heteroatoms. The molecule has 0 unspecified atom stereocenters. The molecule has 0 atom stereocenters. The van der Waals surface area contributed by atoms with E-state index in [2.05, 4.69) is 5.32 Å². The van der Waals surface area contributed by atoms with Gasteiger partial charge in [-0.15, -0.1) is 0 Å². The Hall–Kier alpha value is -2.89. The molecule has 0 fully saturated rings. The number of rotatable bonds is 10. The number of carbonyl (C=O) groups excluding carboxylic acids is 2. The molecule has 5 N–H and O–H groups in total. The first kappa shape index (κ1) is 25.1. The Bertz CT molecular complexity index is 758. The number of carbonyl (C=O) groups is 5. The molecule has 1 radical (unpaired) electrons. The van der Waals surface area contributed by atoms with Gasteiger partial charge in [0.1, 0.15) is 12.4 Å². The quantitative estimate of drug-likeness (QED) is 0.281. The van der Waals surface area contributed by atoms with Gasteiger partial charge in [0, 0.05) is 25.7 Å². The van der Waals surface area contributed by atoms with E-state index in [1.807, 2.05) is 5.32 Å². The number of halogens is 1. The number of nitrogens with one attached hydrogen (secondary N) is 2. The maximum Gasteiger partial charge on any atom is 0.322 e. The molecule has 0 saturated carbocycles. The summed E-state index contributed by atoms with van der Waals surface area (Å²) in [5, 5.41) is 30.1. The first-order valence-corrected chi connectivity index (χ1v) is 7.33. The predicted molar refractivity (Wildman–Crippen MR) is 86.7 cm³/mol. The van der Waals surface area contributed by atoms with Crippen LogP contribution in [0.3, 0.4) is 0 Å². The Morgan fingerprint density at radius 3 is 1.96 bits per heavy atom. The van der Waals surface area contributed by atoms with Gasteiger partial charge >= 0.3 is 17.9 Å². The number of carboxylic acids is 3. The van der Waals surface area contributed by atoms with E-state index in [0.29, 0.717) is 0 Å². The fourth-order valence-electron chi connectivity index (χ4n) is 1.96. The molecule has 1 aromatic carbocycles. The molecule has 153 valence electrons. The number of hydrogen-bond acceptors (Lipinski definition) is 6. The van der Waals surface area contributed by atoms with Crippen LogP contribution in [0.2, 0.25) is 0 Å². The third-order valence-corrected chi connectivity index (χ3v) is 2.99. The maximum absolute atomic E-state index is 14.0. The predicted octanol–water partition coefficient (Wildman–Crippen LogP) is -0.953. The van der Waals surface area contributed by atoms with Gasteiger partial charge in [-0.2, -0.15) is 0 Å². The zero-order chi connectivity index (χ0) is 20.6. The average Bonchev–Trinajstić information content (AvgIpc) is 2.53. The van der Waals surface area contributed by atoms with E-state index in [1.54, 1.807) is 0 Å². The molecule has 0 saturated heterocycles. The van der Waals surface area contributed by atoms with Gasteiger partial charge in [0.05, 0.1) is 25.3 Å². The van der Waals surface area contributed by atoms with Crippen LogP contribution in [-0.2, 0) is 39.3 Å². The van der Waals surface area contributed by atoms with Crippen molar-refractivity contribution in [3.63, 3.8) is 0 Å². The van der Waals surface area contributed by atoms with E-state index in [4.69, 9.17) is 15.3 Å². The second-order valence-electron chi connectivity index (χ2n) is 5.25. The summed E-state index contributed by atoms with van der Waals surface area (Å²) in [7, 11) is 0. The number of amides is 2. The molecule has 1 aromatic rings. The monoisotopic (exact) mass is 484 g/mol. The molecule has 1 rings (SSSR count). The normalized spacial score (nSPS) is 9.93. The Kier molecular flexibility index (Phi) is 10.5. The first-order chi connectivity index (χ1) is 12.6. The molecule has 0 aromatic heterocycles.